The summed E-state index contributed by atoms with van der Waals surface area (Å²) < 4.78 is 0. The quantitative estimate of drug-likeness (QED) is 0.472. The van der Waals surface area contributed by atoms with E-state index >= 15 is 0 Å². The molecule has 1 aliphatic rings. The number of unbranched alkanes of at least 4 members (excludes halogenated alkanes) is 2. The molecular formula is C23H28N4O4. The maximum absolute atomic E-state index is 12.7. The molecule has 1 aromatic carbocycles. The van der Waals surface area contributed by atoms with E-state index in [1.165, 1.54) is 4.90 Å². The molecule has 8 heteroatoms. The molecule has 164 valence electrons. The zero-order valence-corrected chi connectivity index (χ0v) is 17.7. The van der Waals surface area contributed by atoms with E-state index in [0.717, 1.165) is 19.3 Å². The summed E-state index contributed by atoms with van der Waals surface area (Å²) in [6.07, 6.45) is 5.47. The molecule has 2 N–H and O–H groups in total. The van der Waals surface area contributed by atoms with Crippen LogP contribution in [0.3, 0.4) is 0 Å². The number of hydrogen-bond acceptors (Lipinski definition) is 5. The lowest BCUT2D eigenvalue weighted by Crippen LogP contribution is -2.49. The molecule has 0 bridgehead atoms. The van der Waals surface area contributed by atoms with Crippen LogP contribution in [0.4, 0.5) is 0 Å². The summed E-state index contributed by atoms with van der Waals surface area (Å²) in [5, 5.41) is 5.97. The van der Waals surface area contributed by atoms with Gasteiger partial charge in [0.2, 0.25) is 11.7 Å². The number of carbonyl (C=O) groups is 4. The second-order valence-electron chi connectivity index (χ2n) is 7.63. The SMILES string of the molecule is CCCCCNC(=O)C(=O)[C@@H]1CCCN1C(=O)CNC(=O)c1ccnc2ccccc12. The molecule has 8 nitrogen and oxygen atoms in total. The summed E-state index contributed by atoms with van der Waals surface area (Å²) in [5.41, 5.74) is 1.12. The molecule has 1 fully saturated rings. The summed E-state index contributed by atoms with van der Waals surface area (Å²) in [7, 11) is 0. The first-order chi connectivity index (χ1) is 15.0. The van der Waals surface area contributed by atoms with Crippen LogP contribution >= 0.6 is 0 Å². The number of ketones is 1. The zero-order chi connectivity index (χ0) is 22.2. The number of carbonyl (C=O) groups excluding carboxylic acids is 4. The normalized spacial score (nSPS) is 15.6. The predicted molar refractivity (Wildman–Crippen MR) is 116 cm³/mol. The van der Waals surface area contributed by atoms with Crippen molar-refractivity contribution in [2.45, 2.75) is 45.1 Å². The molecular weight excluding hydrogens is 396 g/mol. The van der Waals surface area contributed by atoms with Gasteiger partial charge in [-0.3, -0.25) is 24.2 Å². The Kier molecular flexibility index (Phi) is 7.70. The average molecular weight is 425 g/mol. The molecule has 0 saturated carbocycles. The number of aromatic nitrogens is 1. The second kappa shape index (κ2) is 10.7. The van der Waals surface area contributed by atoms with Crippen LogP contribution in [0.2, 0.25) is 0 Å². The number of nitrogens with one attached hydrogen (secondary N) is 2. The van der Waals surface area contributed by atoms with Gasteiger partial charge in [-0.15, -0.1) is 0 Å². The van der Waals surface area contributed by atoms with Crippen LogP contribution in [0, 0.1) is 0 Å². The summed E-state index contributed by atoms with van der Waals surface area (Å²) >= 11 is 0. The Morgan fingerprint density at radius 3 is 2.71 bits per heavy atom. The Morgan fingerprint density at radius 1 is 1.10 bits per heavy atom. The molecule has 0 unspecified atom stereocenters. The van der Waals surface area contributed by atoms with Crippen molar-refractivity contribution in [3.63, 3.8) is 0 Å². The number of likely N-dealkylation sites (tertiary alicyclic amines) is 1. The van der Waals surface area contributed by atoms with Crippen LogP contribution < -0.4 is 10.6 Å². The van der Waals surface area contributed by atoms with Gasteiger partial charge in [-0.1, -0.05) is 38.0 Å². The minimum absolute atomic E-state index is 0.239. The van der Waals surface area contributed by atoms with Gasteiger partial charge in [0, 0.05) is 24.7 Å². The lowest BCUT2D eigenvalue weighted by molar-refractivity contribution is -0.143. The molecule has 0 radical (unpaired) electrons. The number of Topliss-reactive ketones (excluding diaryl/α,β-unsaturated/α-hetero) is 1. The molecule has 2 heterocycles. The topological polar surface area (TPSA) is 108 Å². The van der Waals surface area contributed by atoms with E-state index < -0.39 is 17.7 Å². The van der Waals surface area contributed by atoms with Gasteiger partial charge in [-0.25, -0.2) is 0 Å². The molecule has 31 heavy (non-hydrogen) atoms. The van der Waals surface area contributed by atoms with Crippen LogP contribution in [-0.4, -0.2) is 59.1 Å². The largest absolute Gasteiger partial charge is 0.349 e. The molecule has 1 atom stereocenters. The number of hydrogen-bond donors (Lipinski definition) is 2. The van der Waals surface area contributed by atoms with Gasteiger partial charge in [0.25, 0.3) is 11.8 Å². The molecule has 3 rings (SSSR count). The molecule has 2 aromatic rings. The van der Waals surface area contributed by atoms with Gasteiger partial charge in [0.1, 0.15) is 6.04 Å². The fourth-order valence-corrected chi connectivity index (χ4v) is 3.80. The van der Waals surface area contributed by atoms with E-state index in [4.69, 9.17) is 0 Å². The third-order valence-electron chi connectivity index (χ3n) is 5.46. The third kappa shape index (κ3) is 5.45. The van der Waals surface area contributed by atoms with Crippen molar-refractivity contribution in [2.75, 3.05) is 19.6 Å². The number of nitrogens with zero attached hydrogens (tertiary/aromatic N) is 2. The lowest BCUT2D eigenvalue weighted by Gasteiger charge is -2.23. The van der Waals surface area contributed by atoms with Gasteiger partial charge in [0.15, 0.2) is 0 Å². The molecule has 0 spiro atoms. The highest BCUT2D eigenvalue weighted by molar-refractivity contribution is 6.38. The summed E-state index contributed by atoms with van der Waals surface area (Å²) in [5.74, 6) is -1.99. The van der Waals surface area contributed by atoms with Crippen LogP contribution in [0.25, 0.3) is 10.9 Å². The Labute approximate surface area is 181 Å². The monoisotopic (exact) mass is 424 g/mol. The van der Waals surface area contributed by atoms with Gasteiger partial charge >= 0.3 is 0 Å². The highest BCUT2D eigenvalue weighted by atomic mass is 16.2. The molecule has 1 aliphatic heterocycles. The Balaban J connectivity index is 1.57. The number of para-hydroxylation sites is 1. The summed E-state index contributed by atoms with van der Waals surface area (Å²) in [4.78, 5) is 55.7. The first kappa shape index (κ1) is 22.4. The molecule has 0 aliphatic carbocycles. The predicted octanol–water partition coefficient (Wildman–Crippen LogP) is 1.83. The highest BCUT2D eigenvalue weighted by Gasteiger charge is 2.37. The Bertz CT molecular complexity index is 970. The lowest BCUT2D eigenvalue weighted by atomic mass is 10.1. The van der Waals surface area contributed by atoms with Crippen molar-refractivity contribution in [1.82, 2.24) is 20.5 Å². The van der Waals surface area contributed by atoms with Crippen molar-refractivity contribution >= 4 is 34.4 Å². The van der Waals surface area contributed by atoms with Gasteiger partial charge in [-0.2, -0.15) is 0 Å². The van der Waals surface area contributed by atoms with E-state index in [1.54, 1.807) is 18.3 Å². The first-order valence-corrected chi connectivity index (χ1v) is 10.8. The van der Waals surface area contributed by atoms with Crippen LogP contribution in [0.15, 0.2) is 36.5 Å². The van der Waals surface area contributed by atoms with Crippen LogP contribution in [-0.2, 0) is 14.4 Å². The van der Waals surface area contributed by atoms with Crippen LogP contribution in [0.5, 0.6) is 0 Å². The average Bonchev–Trinajstić information content (AvgIpc) is 3.29. The van der Waals surface area contributed by atoms with Crippen molar-refractivity contribution in [3.05, 3.63) is 42.1 Å². The fraction of sp³-hybridized carbons (Fsp3) is 0.435. The molecule has 3 amide bonds. The number of rotatable bonds is 9. The van der Waals surface area contributed by atoms with E-state index in [-0.39, 0.29) is 18.4 Å². The van der Waals surface area contributed by atoms with Crippen molar-refractivity contribution < 1.29 is 19.2 Å². The summed E-state index contributed by atoms with van der Waals surface area (Å²) in [6, 6.07) is 8.10. The number of amides is 3. The van der Waals surface area contributed by atoms with E-state index in [0.29, 0.717) is 42.4 Å². The van der Waals surface area contributed by atoms with Gasteiger partial charge in [-0.05, 0) is 31.4 Å². The maximum Gasteiger partial charge on any atom is 0.289 e. The second-order valence-corrected chi connectivity index (χ2v) is 7.63. The first-order valence-electron chi connectivity index (χ1n) is 10.8. The van der Waals surface area contributed by atoms with Crippen molar-refractivity contribution in [1.29, 1.82) is 0 Å². The highest BCUT2D eigenvalue weighted by Crippen LogP contribution is 2.19. The number of fused-ring (bicyclic) bond motifs is 1. The smallest absolute Gasteiger partial charge is 0.289 e. The third-order valence-corrected chi connectivity index (χ3v) is 5.46. The van der Waals surface area contributed by atoms with Crippen molar-refractivity contribution in [2.24, 2.45) is 0 Å². The van der Waals surface area contributed by atoms with Crippen molar-refractivity contribution in [3.8, 4) is 0 Å². The Hall–Kier alpha value is -3.29. The van der Waals surface area contributed by atoms with Crippen LogP contribution in [0.1, 0.15) is 49.4 Å². The van der Waals surface area contributed by atoms with E-state index in [1.807, 2.05) is 18.2 Å². The van der Waals surface area contributed by atoms with Gasteiger partial charge in [0.05, 0.1) is 17.6 Å². The maximum atomic E-state index is 12.7. The zero-order valence-electron chi connectivity index (χ0n) is 17.7. The molecule has 1 aromatic heterocycles. The molecule has 1 saturated heterocycles. The van der Waals surface area contributed by atoms with E-state index in [2.05, 4.69) is 22.5 Å². The minimum atomic E-state index is -0.766. The fourth-order valence-electron chi connectivity index (χ4n) is 3.80. The number of pyridine rings is 1. The Morgan fingerprint density at radius 2 is 1.90 bits per heavy atom. The standard InChI is InChI=1S/C23H28N4O4/c1-2-3-6-12-25-23(31)21(29)19-10-7-14-27(19)20(28)15-26-22(30)17-11-13-24-18-9-5-4-8-16(17)18/h4-5,8-9,11,13,19H,2-3,6-7,10,12,14-15H2,1H3,(H,25,31)(H,26,30)/t19-/m0/s1. The minimum Gasteiger partial charge on any atom is -0.349 e. The van der Waals surface area contributed by atoms with E-state index in [9.17, 15) is 19.2 Å². The number of benzene rings is 1. The van der Waals surface area contributed by atoms with Gasteiger partial charge < -0.3 is 15.5 Å². The summed E-state index contributed by atoms with van der Waals surface area (Å²) in [6.45, 7) is 2.67.